The van der Waals surface area contributed by atoms with Crippen molar-refractivity contribution in [2.75, 3.05) is 31.6 Å². The van der Waals surface area contributed by atoms with E-state index in [2.05, 4.69) is 30.7 Å². The molecule has 1 saturated heterocycles. The summed E-state index contributed by atoms with van der Waals surface area (Å²) in [6.07, 6.45) is 0. The number of piperazine rings is 1. The van der Waals surface area contributed by atoms with Crippen molar-refractivity contribution in [2.24, 2.45) is 5.92 Å². The zero-order valence-electron chi connectivity index (χ0n) is 10.9. The fourth-order valence-corrected chi connectivity index (χ4v) is 2.51. The molecule has 0 saturated carbocycles. The Morgan fingerprint density at radius 2 is 1.82 bits per heavy atom. The summed E-state index contributed by atoms with van der Waals surface area (Å²) in [7, 11) is 2.19. The van der Waals surface area contributed by atoms with Crippen LogP contribution < -0.4 is 4.90 Å². The SMILES string of the molecule is CC(C)[C@@H]1CN(c2ccc(F)cc2)CCN1C. The molecule has 0 aliphatic carbocycles. The number of hydrogen-bond acceptors (Lipinski definition) is 2. The van der Waals surface area contributed by atoms with Gasteiger partial charge in [-0.25, -0.2) is 4.39 Å². The van der Waals surface area contributed by atoms with E-state index in [0.29, 0.717) is 12.0 Å². The van der Waals surface area contributed by atoms with Crippen LogP contribution in [0.3, 0.4) is 0 Å². The molecule has 1 atom stereocenters. The second-order valence-electron chi connectivity index (χ2n) is 5.21. The highest BCUT2D eigenvalue weighted by Gasteiger charge is 2.26. The number of anilines is 1. The van der Waals surface area contributed by atoms with Crippen molar-refractivity contribution in [1.29, 1.82) is 0 Å². The number of likely N-dealkylation sites (N-methyl/N-ethyl adjacent to an activating group) is 1. The van der Waals surface area contributed by atoms with Gasteiger partial charge in [0.25, 0.3) is 0 Å². The second-order valence-corrected chi connectivity index (χ2v) is 5.21. The van der Waals surface area contributed by atoms with Gasteiger partial charge in [0.05, 0.1) is 0 Å². The lowest BCUT2D eigenvalue weighted by atomic mass is 10.00. The van der Waals surface area contributed by atoms with Gasteiger partial charge in [0.15, 0.2) is 0 Å². The molecule has 17 heavy (non-hydrogen) atoms. The summed E-state index contributed by atoms with van der Waals surface area (Å²) in [5.41, 5.74) is 1.13. The van der Waals surface area contributed by atoms with Crippen LogP contribution >= 0.6 is 0 Å². The summed E-state index contributed by atoms with van der Waals surface area (Å²) in [5, 5.41) is 0. The average molecular weight is 236 g/mol. The first-order valence-corrected chi connectivity index (χ1v) is 6.28. The summed E-state index contributed by atoms with van der Waals surface area (Å²) in [6, 6.07) is 7.40. The van der Waals surface area contributed by atoms with Crippen LogP contribution in [0, 0.1) is 11.7 Å². The van der Waals surface area contributed by atoms with Gasteiger partial charge in [-0.2, -0.15) is 0 Å². The third kappa shape index (κ3) is 2.78. The van der Waals surface area contributed by atoms with Crippen molar-refractivity contribution in [3.05, 3.63) is 30.1 Å². The van der Waals surface area contributed by atoms with Gasteiger partial charge in [0, 0.05) is 31.4 Å². The van der Waals surface area contributed by atoms with Crippen LogP contribution in [0.2, 0.25) is 0 Å². The molecule has 0 spiro atoms. The molecule has 2 nitrogen and oxygen atoms in total. The first-order chi connectivity index (χ1) is 8.08. The first-order valence-electron chi connectivity index (χ1n) is 6.28. The van der Waals surface area contributed by atoms with E-state index in [1.807, 2.05) is 12.1 Å². The average Bonchev–Trinajstić information content (AvgIpc) is 2.30. The maximum atomic E-state index is 12.9. The van der Waals surface area contributed by atoms with Crippen molar-refractivity contribution in [3.8, 4) is 0 Å². The minimum atomic E-state index is -0.164. The van der Waals surface area contributed by atoms with Crippen LogP contribution in [0.5, 0.6) is 0 Å². The highest BCUT2D eigenvalue weighted by Crippen LogP contribution is 2.21. The molecule has 1 aliphatic rings. The Bertz CT molecular complexity index is 361. The molecule has 0 amide bonds. The minimum Gasteiger partial charge on any atom is -0.369 e. The number of benzene rings is 1. The van der Waals surface area contributed by atoms with Gasteiger partial charge in [-0.3, -0.25) is 4.90 Å². The van der Waals surface area contributed by atoms with Gasteiger partial charge >= 0.3 is 0 Å². The highest BCUT2D eigenvalue weighted by molar-refractivity contribution is 5.47. The quantitative estimate of drug-likeness (QED) is 0.779. The molecule has 94 valence electrons. The third-order valence-corrected chi connectivity index (χ3v) is 3.66. The Kier molecular flexibility index (Phi) is 3.67. The first kappa shape index (κ1) is 12.4. The van der Waals surface area contributed by atoms with E-state index in [9.17, 15) is 4.39 Å². The normalized spacial score (nSPS) is 22.2. The standard InChI is InChI=1S/C14H21FN2/c1-11(2)14-10-17(9-8-16(14)3)13-6-4-12(15)5-7-13/h4-7,11,14H,8-10H2,1-3H3/t14-/m0/s1. The van der Waals surface area contributed by atoms with E-state index in [0.717, 1.165) is 25.3 Å². The van der Waals surface area contributed by atoms with Gasteiger partial charge in [0.1, 0.15) is 5.82 Å². The van der Waals surface area contributed by atoms with E-state index >= 15 is 0 Å². The summed E-state index contributed by atoms with van der Waals surface area (Å²) >= 11 is 0. The van der Waals surface area contributed by atoms with Crippen molar-refractivity contribution in [2.45, 2.75) is 19.9 Å². The Hall–Kier alpha value is -1.09. The molecule has 1 heterocycles. The Morgan fingerprint density at radius 3 is 2.41 bits per heavy atom. The van der Waals surface area contributed by atoms with Crippen LogP contribution in [-0.2, 0) is 0 Å². The van der Waals surface area contributed by atoms with Gasteiger partial charge < -0.3 is 4.90 Å². The molecule has 2 rings (SSSR count). The van der Waals surface area contributed by atoms with E-state index in [4.69, 9.17) is 0 Å². The summed E-state index contributed by atoms with van der Waals surface area (Å²) in [5.74, 6) is 0.478. The topological polar surface area (TPSA) is 6.48 Å². The van der Waals surface area contributed by atoms with Gasteiger partial charge in [-0.05, 0) is 37.2 Å². The molecule has 1 aromatic carbocycles. The smallest absolute Gasteiger partial charge is 0.123 e. The lowest BCUT2D eigenvalue weighted by molar-refractivity contribution is 0.173. The maximum absolute atomic E-state index is 12.9. The third-order valence-electron chi connectivity index (χ3n) is 3.66. The second kappa shape index (κ2) is 5.05. The molecule has 0 N–H and O–H groups in total. The Balaban J connectivity index is 2.10. The monoisotopic (exact) mass is 236 g/mol. The molecule has 1 aliphatic heterocycles. The minimum absolute atomic E-state index is 0.164. The van der Waals surface area contributed by atoms with Gasteiger partial charge in [-0.15, -0.1) is 0 Å². The van der Waals surface area contributed by atoms with E-state index in [1.54, 1.807) is 0 Å². The van der Waals surface area contributed by atoms with E-state index in [1.165, 1.54) is 12.1 Å². The number of hydrogen-bond donors (Lipinski definition) is 0. The number of nitrogens with zero attached hydrogens (tertiary/aromatic N) is 2. The largest absolute Gasteiger partial charge is 0.369 e. The zero-order chi connectivity index (χ0) is 12.4. The Morgan fingerprint density at radius 1 is 1.18 bits per heavy atom. The van der Waals surface area contributed by atoms with Crippen LogP contribution in [0.15, 0.2) is 24.3 Å². The number of rotatable bonds is 2. The van der Waals surface area contributed by atoms with E-state index in [-0.39, 0.29) is 5.82 Å². The van der Waals surface area contributed by atoms with Crippen LogP contribution in [0.25, 0.3) is 0 Å². The van der Waals surface area contributed by atoms with Crippen molar-refractivity contribution in [3.63, 3.8) is 0 Å². The van der Waals surface area contributed by atoms with Gasteiger partial charge in [-0.1, -0.05) is 13.8 Å². The highest BCUT2D eigenvalue weighted by atomic mass is 19.1. The molecular weight excluding hydrogens is 215 g/mol. The zero-order valence-corrected chi connectivity index (χ0v) is 10.9. The molecule has 0 bridgehead atoms. The van der Waals surface area contributed by atoms with Crippen LogP contribution in [-0.4, -0.2) is 37.6 Å². The Labute approximate surface area is 103 Å². The predicted molar refractivity (Wildman–Crippen MR) is 69.9 cm³/mol. The molecular formula is C14H21FN2. The lowest BCUT2D eigenvalue weighted by Crippen LogP contribution is -2.53. The predicted octanol–water partition coefficient (Wildman–Crippen LogP) is 2.60. The fraction of sp³-hybridized carbons (Fsp3) is 0.571. The summed E-state index contributed by atoms with van der Waals surface area (Å²) < 4.78 is 12.9. The maximum Gasteiger partial charge on any atom is 0.123 e. The van der Waals surface area contributed by atoms with Crippen LogP contribution in [0.1, 0.15) is 13.8 Å². The molecule has 1 aromatic rings. The lowest BCUT2D eigenvalue weighted by Gasteiger charge is -2.42. The summed E-state index contributed by atoms with van der Waals surface area (Å²) in [6.45, 7) is 7.63. The van der Waals surface area contributed by atoms with Gasteiger partial charge in [0.2, 0.25) is 0 Å². The molecule has 0 radical (unpaired) electrons. The fourth-order valence-electron chi connectivity index (χ4n) is 2.51. The van der Waals surface area contributed by atoms with Crippen molar-refractivity contribution >= 4 is 5.69 Å². The molecule has 0 unspecified atom stereocenters. The van der Waals surface area contributed by atoms with E-state index < -0.39 is 0 Å². The van der Waals surface area contributed by atoms with Crippen molar-refractivity contribution in [1.82, 2.24) is 4.90 Å². The molecule has 1 fully saturated rings. The van der Waals surface area contributed by atoms with Crippen LogP contribution in [0.4, 0.5) is 10.1 Å². The van der Waals surface area contributed by atoms with Crippen molar-refractivity contribution < 1.29 is 4.39 Å². The molecule has 3 heteroatoms. The molecule has 0 aromatic heterocycles. The number of halogens is 1. The summed E-state index contributed by atoms with van der Waals surface area (Å²) in [4.78, 5) is 4.77.